The van der Waals surface area contributed by atoms with Crippen LogP contribution in [0.3, 0.4) is 0 Å². The third-order valence-corrected chi connectivity index (χ3v) is 13.1. The summed E-state index contributed by atoms with van der Waals surface area (Å²) in [7, 11) is -2.92. The van der Waals surface area contributed by atoms with Crippen LogP contribution in [0.25, 0.3) is 0 Å². The number of ether oxygens (including phenoxy) is 2. The summed E-state index contributed by atoms with van der Waals surface area (Å²) < 4.78 is 30.5. The predicted molar refractivity (Wildman–Crippen MR) is 207 cm³/mol. The molecule has 0 spiro atoms. The number of carbonyl (C=O) groups excluding carboxylic acids is 1. The normalized spacial score (nSPS) is 18.6. The fourth-order valence-corrected chi connectivity index (χ4v) is 9.56. The number of rotatable bonds is 35. The van der Waals surface area contributed by atoms with E-state index in [2.05, 4.69) is 26.3 Å². The zero-order valence-corrected chi connectivity index (χ0v) is 33.8. The maximum atomic E-state index is 12.5. The monoisotopic (exact) mass is 718 g/mol. The van der Waals surface area contributed by atoms with Crippen LogP contribution in [-0.2, 0) is 27.6 Å². The summed E-state index contributed by atoms with van der Waals surface area (Å²) >= 11 is 1.47. The second kappa shape index (κ2) is 35.4. The zero-order chi connectivity index (χ0) is 34.6. The molecule has 0 radical (unpaired) electrons. The highest BCUT2D eigenvalue weighted by molar-refractivity contribution is 8.13. The Hall–Kier alpha value is -0.00312. The maximum Gasteiger partial charge on any atom is 0.518 e. The zero-order valence-electron chi connectivity index (χ0n) is 32.0. The molecule has 1 saturated heterocycles. The molecule has 0 aromatic rings. The van der Waals surface area contributed by atoms with Crippen LogP contribution < -0.4 is 5.48 Å². The first-order chi connectivity index (χ1) is 23.7. The molecule has 2 atom stereocenters. The first kappa shape index (κ1) is 46.0. The SMILES string of the molecule is CCCCCCCCCCCCC1CCO[Si](CCCSC(=O)CCCCCCCCCCC)(OCCOCCOCCCC)ONC1. The van der Waals surface area contributed by atoms with Crippen LogP contribution in [0.2, 0.25) is 6.04 Å². The third-order valence-electron chi connectivity index (χ3n) is 9.35. The van der Waals surface area contributed by atoms with Gasteiger partial charge in [-0.05, 0) is 38.0 Å². The molecule has 1 fully saturated rings. The van der Waals surface area contributed by atoms with Crippen molar-refractivity contribution in [2.45, 2.75) is 187 Å². The van der Waals surface area contributed by atoms with Gasteiger partial charge in [0.25, 0.3) is 0 Å². The van der Waals surface area contributed by atoms with Crippen molar-refractivity contribution in [2.75, 3.05) is 51.9 Å². The minimum Gasteiger partial charge on any atom is -0.379 e. The van der Waals surface area contributed by atoms with Crippen LogP contribution in [0, 0.1) is 5.92 Å². The van der Waals surface area contributed by atoms with Gasteiger partial charge in [-0.15, -0.1) is 0 Å². The Morgan fingerprint density at radius 3 is 1.83 bits per heavy atom. The minimum atomic E-state index is -2.92. The fourth-order valence-electron chi connectivity index (χ4n) is 6.17. The molecular weight excluding hydrogens is 639 g/mol. The summed E-state index contributed by atoms with van der Waals surface area (Å²) in [5.74, 6) is 1.35. The van der Waals surface area contributed by atoms with Crippen LogP contribution in [0.5, 0.6) is 0 Å². The van der Waals surface area contributed by atoms with Gasteiger partial charge in [0.15, 0.2) is 5.12 Å². The quantitative estimate of drug-likeness (QED) is 0.0513. The molecule has 48 heavy (non-hydrogen) atoms. The number of hydroxylamine groups is 1. The van der Waals surface area contributed by atoms with Gasteiger partial charge in [-0.2, -0.15) is 0 Å². The van der Waals surface area contributed by atoms with Gasteiger partial charge in [-0.1, -0.05) is 155 Å². The van der Waals surface area contributed by atoms with E-state index in [4.69, 9.17) is 22.9 Å². The molecule has 2 unspecified atom stereocenters. The molecule has 1 heterocycles. The average molecular weight is 718 g/mol. The van der Waals surface area contributed by atoms with Gasteiger partial charge in [-0.3, -0.25) is 9.32 Å². The molecule has 0 aromatic heterocycles. The molecule has 9 heteroatoms. The van der Waals surface area contributed by atoms with Gasteiger partial charge in [0.1, 0.15) is 0 Å². The second-order valence-electron chi connectivity index (χ2n) is 13.9. The van der Waals surface area contributed by atoms with E-state index in [0.29, 0.717) is 56.5 Å². The molecule has 0 saturated carbocycles. The van der Waals surface area contributed by atoms with Gasteiger partial charge < -0.3 is 18.3 Å². The van der Waals surface area contributed by atoms with Gasteiger partial charge in [0.2, 0.25) is 0 Å². The van der Waals surface area contributed by atoms with Crippen molar-refractivity contribution in [1.29, 1.82) is 0 Å². The van der Waals surface area contributed by atoms with E-state index in [0.717, 1.165) is 51.0 Å². The van der Waals surface area contributed by atoms with Crippen LogP contribution in [0.4, 0.5) is 0 Å². The van der Waals surface area contributed by atoms with Crippen molar-refractivity contribution in [3.05, 3.63) is 0 Å². The Morgan fingerprint density at radius 1 is 0.667 bits per heavy atom. The molecule has 1 aliphatic rings. The Balaban J connectivity index is 2.33. The first-order valence-corrected chi connectivity index (χ1v) is 23.6. The number of nitrogens with one attached hydrogen (secondary N) is 1. The lowest BCUT2D eigenvalue weighted by atomic mass is 9.97. The Labute approximate surface area is 303 Å². The van der Waals surface area contributed by atoms with E-state index in [9.17, 15) is 4.79 Å². The first-order valence-electron chi connectivity index (χ1n) is 20.7. The lowest BCUT2D eigenvalue weighted by Crippen LogP contribution is -2.52. The second-order valence-corrected chi connectivity index (χ2v) is 17.7. The summed E-state index contributed by atoms with van der Waals surface area (Å²) in [6.07, 6.45) is 31.2. The van der Waals surface area contributed by atoms with Crippen molar-refractivity contribution >= 4 is 25.7 Å². The number of hydrogen-bond donors (Lipinski definition) is 1. The summed E-state index contributed by atoms with van der Waals surface area (Å²) in [4.78, 5) is 12.5. The van der Waals surface area contributed by atoms with Gasteiger partial charge in [-0.25, -0.2) is 5.48 Å². The fraction of sp³-hybridized carbons (Fsp3) is 0.974. The van der Waals surface area contributed by atoms with Gasteiger partial charge in [0.05, 0.1) is 26.4 Å². The number of thioether (sulfide) groups is 1. The molecular formula is C39H79NO6SSi. The van der Waals surface area contributed by atoms with E-state index in [1.165, 1.54) is 134 Å². The Kier molecular flexibility index (Phi) is 33.9. The number of unbranched alkanes of at least 4 members (excludes halogenated alkanes) is 18. The molecule has 0 amide bonds. The van der Waals surface area contributed by atoms with Gasteiger partial charge in [0, 0.05) is 38.0 Å². The highest BCUT2D eigenvalue weighted by Crippen LogP contribution is 2.25. The summed E-state index contributed by atoms with van der Waals surface area (Å²) in [6, 6.07) is 0.710. The molecule has 1 aliphatic heterocycles. The van der Waals surface area contributed by atoms with Crippen molar-refractivity contribution in [2.24, 2.45) is 5.92 Å². The van der Waals surface area contributed by atoms with Crippen molar-refractivity contribution < 1.29 is 27.6 Å². The van der Waals surface area contributed by atoms with E-state index in [1.54, 1.807) is 0 Å². The minimum absolute atomic E-state index is 0.316. The van der Waals surface area contributed by atoms with Crippen LogP contribution in [0.1, 0.15) is 181 Å². The highest BCUT2D eigenvalue weighted by Gasteiger charge is 2.42. The van der Waals surface area contributed by atoms with Crippen LogP contribution >= 0.6 is 11.8 Å². The number of carbonyl (C=O) groups is 1. The molecule has 1 rings (SSSR count). The summed E-state index contributed by atoms with van der Waals surface area (Å²) in [6.45, 7) is 11.1. The lowest BCUT2D eigenvalue weighted by molar-refractivity contribution is -0.111. The number of hydrogen-bond acceptors (Lipinski definition) is 8. The molecule has 7 nitrogen and oxygen atoms in total. The van der Waals surface area contributed by atoms with Crippen molar-refractivity contribution in [1.82, 2.24) is 5.48 Å². The van der Waals surface area contributed by atoms with E-state index >= 15 is 0 Å². The third kappa shape index (κ3) is 28.7. The van der Waals surface area contributed by atoms with Gasteiger partial charge >= 0.3 is 8.80 Å². The standard InChI is InChI=1S/C39H79NO6SSi/c1-4-7-10-12-14-16-18-19-21-23-26-38-28-30-44-48(46-40-37-38,45-34-33-43-32-31-42-29-9-6-3)36-25-35-47-39(41)27-24-22-20-17-15-13-11-8-5-2/h38,40H,4-37H2,1-3H3. The van der Waals surface area contributed by atoms with Crippen molar-refractivity contribution in [3.8, 4) is 0 Å². The van der Waals surface area contributed by atoms with Crippen LogP contribution in [0.15, 0.2) is 0 Å². The Morgan fingerprint density at radius 2 is 1.21 bits per heavy atom. The highest BCUT2D eigenvalue weighted by atomic mass is 32.2. The summed E-state index contributed by atoms with van der Waals surface area (Å²) in [5, 5.41) is 0.316. The molecule has 0 aromatic carbocycles. The van der Waals surface area contributed by atoms with E-state index < -0.39 is 8.80 Å². The van der Waals surface area contributed by atoms with E-state index in [1.807, 2.05) is 0 Å². The van der Waals surface area contributed by atoms with Crippen LogP contribution in [-0.4, -0.2) is 65.9 Å². The van der Waals surface area contributed by atoms with Crippen molar-refractivity contribution in [3.63, 3.8) is 0 Å². The topological polar surface area (TPSA) is 75.3 Å². The predicted octanol–water partition coefficient (Wildman–Crippen LogP) is 11.2. The lowest BCUT2D eigenvalue weighted by Gasteiger charge is -2.33. The average Bonchev–Trinajstić information content (AvgIpc) is 3.08. The molecule has 1 N–H and O–H groups in total. The molecule has 0 bridgehead atoms. The Bertz CT molecular complexity index is 681. The molecule has 286 valence electrons. The smallest absolute Gasteiger partial charge is 0.379 e. The largest absolute Gasteiger partial charge is 0.518 e. The molecule has 0 aliphatic carbocycles. The van der Waals surface area contributed by atoms with E-state index in [-0.39, 0.29) is 0 Å². The summed E-state index contributed by atoms with van der Waals surface area (Å²) in [5.41, 5.74) is 3.28. The maximum absolute atomic E-state index is 12.5.